The predicted molar refractivity (Wildman–Crippen MR) is 95.5 cm³/mol. The number of β-amino-alcohol motifs (C(OH)–C–C–N with tert-alkyl or cyclic N) is 1. The maximum atomic E-state index is 10.3. The molecule has 0 saturated heterocycles. The lowest BCUT2D eigenvalue weighted by Gasteiger charge is -2.29. The van der Waals surface area contributed by atoms with Crippen molar-refractivity contribution >= 4 is 10.8 Å². The van der Waals surface area contributed by atoms with Crippen LogP contribution in [0.4, 0.5) is 0 Å². The quantitative estimate of drug-likeness (QED) is 0.771. The zero-order valence-electron chi connectivity index (χ0n) is 14.3. The van der Waals surface area contributed by atoms with Gasteiger partial charge in [0.15, 0.2) is 0 Å². The predicted octanol–water partition coefficient (Wildman–Crippen LogP) is 2.00. The molecule has 0 aliphatic carbocycles. The number of aliphatic hydroxyl groups excluding tert-OH is 1. The second-order valence-electron chi connectivity index (χ2n) is 6.52. The molecular formula is C19H22N4O2. The van der Waals surface area contributed by atoms with Crippen LogP contribution in [0, 0.1) is 6.92 Å². The molecule has 0 fully saturated rings. The number of benzene rings is 2. The second-order valence-corrected chi connectivity index (χ2v) is 6.52. The van der Waals surface area contributed by atoms with Crippen molar-refractivity contribution in [2.75, 3.05) is 19.7 Å². The van der Waals surface area contributed by atoms with E-state index in [1.807, 2.05) is 37.3 Å². The fourth-order valence-corrected chi connectivity index (χ4v) is 3.31. The van der Waals surface area contributed by atoms with Crippen LogP contribution in [-0.2, 0) is 13.1 Å². The van der Waals surface area contributed by atoms with Crippen LogP contribution in [0.1, 0.15) is 11.6 Å². The fourth-order valence-electron chi connectivity index (χ4n) is 3.31. The number of hydrogen-bond donors (Lipinski definition) is 1. The number of aryl methyl sites for hydroxylation is 1. The first-order chi connectivity index (χ1) is 12.2. The molecule has 1 N–H and O–H groups in total. The number of rotatable bonds is 5. The molecule has 0 saturated carbocycles. The Morgan fingerprint density at radius 1 is 1.12 bits per heavy atom. The number of aromatic nitrogens is 3. The highest BCUT2D eigenvalue weighted by atomic mass is 16.5. The van der Waals surface area contributed by atoms with E-state index in [0.29, 0.717) is 13.1 Å². The summed E-state index contributed by atoms with van der Waals surface area (Å²) in [6, 6.07) is 14.2. The molecule has 1 aliphatic rings. The summed E-state index contributed by atoms with van der Waals surface area (Å²) < 4.78 is 7.91. The number of aliphatic hydroxyl groups is 1. The maximum absolute atomic E-state index is 10.3. The molecule has 0 unspecified atom stereocenters. The molecule has 6 heteroatoms. The number of fused-ring (bicyclic) bond motifs is 2. The number of nitrogens with zero attached hydrogens (tertiary/aromatic N) is 4. The zero-order valence-corrected chi connectivity index (χ0v) is 14.3. The van der Waals surface area contributed by atoms with Crippen molar-refractivity contribution in [1.82, 2.24) is 19.7 Å². The van der Waals surface area contributed by atoms with Crippen LogP contribution in [0.3, 0.4) is 0 Å². The molecule has 6 nitrogen and oxygen atoms in total. The van der Waals surface area contributed by atoms with Crippen LogP contribution in [0.5, 0.6) is 5.75 Å². The lowest BCUT2D eigenvalue weighted by atomic mass is 10.1. The summed E-state index contributed by atoms with van der Waals surface area (Å²) >= 11 is 0. The first-order valence-corrected chi connectivity index (χ1v) is 8.60. The Morgan fingerprint density at radius 2 is 1.96 bits per heavy atom. The Balaban J connectivity index is 1.32. The van der Waals surface area contributed by atoms with Crippen molar-refractivity contribution < 1.29 is 9.84 Å². The van der Waals surface area contributed by atoms with Gasteiger partial charge in [-0.2, -0.15) is 0 Å². The lowest BCUT2D eigenvalue weighted by Crippen LogP contribution is -2.40. The van der Waals surface area contributed by atoms with E-state index < -0.39 is 6.10 Å². The van der Waals surface area contributed by atoms with Gasteiger partial charge in [0.05, 0.1) is 6.54 Å². The van der Waals surface area contributed by atoms with Crippen molar-refractivity contribution in [3.05, 3.63) is 54.1 Å². The Labute approximate surface area is 146 Å². The SMILES string of the molecule is Cc1nnc2n1CCN(C[C@@H](O)COc1ccc3ccccc3c1)C2. The van der Waals surface area contributed by atoms with Crippen LogP contribution in [0.15, 0.2) is 42.5 Å². The average Bonchev–Trinajstić information content (AvgIpc) is 3.00. The molecule has 1 aliphatic heterocycles. The van der Waals surface area contributed by atoms with Gasteiger partial charge in [-0.25, -0.2) is 0 Å². The molecular weight excluding hydrogens is 316 g/mol. The molecule has 0 radical (unpaired) electrons. The van der Waals surface area contributed by atoms with Gasteiger partial charge in [0.1, 0.15) is 30.1 Å². The van der Waals surface area contributed by atoms with Crippen molar-refractivity contribution in [2.24, 2.45) is 0 Å². The standard InChI is InChI=1S/C19H22N4O2/c1-14-20-21-19-12-22(8-9-23(14)19)11-17(24)13-25-18-7-6-15-4-2-3-5-16(15)10-18/h2-7,10,17,24H,8-9,11-13H2,1H3/t17-/m1/s1. The topological polar surface area (TPSA) is 63.4 Å². The van der Waals surface area contributed by atoms with E-state index in [-0.39, 0.29) is 6.61 Å². The highest BCUT2D eigenvalue weighted by molar-refractivity contribution is 5.83. The van der Waals surface area contributed by atoms with Gasteiger partial charge in [0, 0.05) is 19.6 Å². The summed E-state index contributed by atoms with van der Waals surface area (Å²) in [5.74, 6) is 2.70. The first-order valence-electron chi connectivity index (χ1n) is 8.60. The summed E-state index contributed by atoms with van der Waals surface area (Å²) in [6.07, 6.45) is -0.540. The lowest BCUT2D eigenvalue weighted by molar-refractivity contribution is 0.0582. The van der Waals surface area contributed by atoms with Gasteiger partial charge in [-0.1, -0.05) is 30.3 Å². The molecule has 2 heterocycles. The van der Waals surface area contributed by atoms with Crippen LogP contribution >= 0.6 is 0 Å². The van der Waals surface area contributed by atoms with Gasteiger partial charge in [-0.3, -0.25) is 4.90 Å². The van der Waals surface area contributed by atoms with Crippen molar-refractivity contribution in [2.45, 2.75) is 26.1 Å². The average molecular weight is 338 g/mol. The zero-order chi connectivity index (χ0) is 17.2. The summed E-state index contributed by atoms with van der Waals surface area (Å²) in [6.45, 7) is 5.29. The van der Waals surface area contributed by atoms with Gasteiger partial charge in [-0.15, -0.1) is 10.2 Å². The van der Waals surface area contributed by atoms with E-state index >= 15 is 0 Å². The minimum Gasteiger partial charge on any atom is -0.491 e. The summed E-state index contributed by atoms with van der Waals surface area (Å²) in [5, 5.41) is 20.9. The van der Waals surface area contributed by atoms with Gasteiger partial charge in [0.2, 0.25) is 0 Å². The molecule has 25 heavy (non-hydrogen) atoms. The summed E-state index contributed by atoms with van der Waals surface area (Å²) in [4.78, 5) is 2.19. The fraction of sp³-hybridized carbons (Fsp3) is 0.368. The summed E-state index contributed by atoms with van der Waals surface area (Å²) in [5.41, 5.74) is 0. The normalized spacial score (nSPS) is 15.9. The number of ether oxygens (including phenoxy) is 1. The molecule has 130 valence electrons. The van der Waals surface area contributed by atoms with Crippen LogP contribution in [0.2, 0.25) is 0 Å². The molecule has 2 aromatic carbocycles. The maximum Gasteiger partial charge on any atom is 0.147 e. The van der Waals surface area contributed by atoms with Crippen molar-refractivity contribution in [3.8, 4) is 5.75 Å². The van der Waals surface area contributed by atoms with E-state index in [0.717, 1.165) is 35.9 Å². The summed E-state index contributed by atoms with van der Waals surface area (Å²) in [7, 11) is 0. The van der Waals surface area contributed by atoms with E-state index in [2.05, 4.69) is 31.8 Å². The minimum atomic E-state index is -0.540. The van der Waals surface area contributed by atoms with Crippen molar-refractivity contribution in [3.63, 3.8) is 0 Å². The Kier molecular flexibility index (Phi) is 4.38. The molecule has 4 rings (SSSR count). The second kappa shape index (κ2) is 6.82. The monoisotopic (exact) mass is 338 g/mol. The third kappa shape index (κ3) is 3.50. The molecule has 0 spiro atoms. The van der Waals surface area contributed by atoms with Gasteiger partial charge in [-0.05, 0) is 29.8 Å². The van der Waals surface area contributed by atoms with Crippen molar-refractivity contribution in [1.29, 1.82) is 0 Å². The molecule has 3 aromatic rings. The van der Waals surface area contributed by atoms with E-state index in [4.69, 9.17) is 4.74 Å². The highest BCUT2D eigenvalue weighted by Crippen LogP contribution is 2.21. The Morgan fingerprint density at radius 3 is 2.84 bits per heavy atom. The van der Waals surface area contributed by atoms with E-state index in [9.17, 15) is 5.11 Å². The third-order valence-electron chi connectivity index (χ3n) is 4.65. The van der Waals surface area contributed by atoms with Gasteiger partial charge in [0.25, 0.3) is 0 Å². The molecule has 1 atom stereocenters. The first kappa shape index (κ1) is 16.1. The number of hydrogen-bond acceptors (Lipinski definition) is 5. The largest absolute Gasteiger partial charge is 0.491 e. The van der Waals surface area contributed by atoms with Gasteiger partial charge >= 0.3 is 0 Å². The van der Waals surface area contributed by atoms with E-state index in [1.165, 1.54) is 5.39 Å². The Hall–Kier alpha value is -2.44. The third-order valence-corrected chi connectivity index (χ3v) is 4.65. The smallest absolute Gasteiger partial charge is 0.147 e. The highest BCUT2D eigenvalue weighted by Gasteiger charge is 2.21. The minimum absolute atomic E-state index is 0.278. The van der Waals surface area contributed by atoms with Crippen LogP contribution in [0.25, 0.3) is 10.8 Å². The van der Waals surface area contributed by atoms with Gasteiger partial charge < -0.3 is 14.4 Å². The molecule has 1 aromatic heterocycles. The molecule has 0 amide bonds. The van der Waals surface area contributed by atoms with Crippen LogP contribution < -0.4 is 4.74 Å². The van der Waals surface area contributed by atoms with Crippen LogP contribution in [-0.4, -0.2) is 50.6 Å². The Bertz CT molecular complexity index is 877. The van der Waals surface area contributed by atoms with E-state index in [1.54, 1.807) is 0 Å². The molecule has 0 bridgehead atoms.